The van der Waals surface area contributed by atoms with Gasteiger partial charge in [-0.2, -0.15) is 5.10 Å². The summed E-state index contributed by atoms with van der Waals surface area (Å²) in [5.74, 6) is 3.09. The number of amides is 1. The molecule has 0 radical (unpaired) electrons. The van der Waals surface area contributed by atoms with Gasteiger partial charge in [0, 0.05) is 24.4 Å². The molecule has 0 bridgehead atoms. The van der Waals surface area contributed by atoms with Crippen LogP contribution in [0.15, 0.2) is 5.38 Å². The zero-order valence-electron chi connectivity index (χ0n) is 12.9. The third-order valence-corrected chi connectivity index (χ3v) is 5.11. The Morgan fingerprint density at radius 1 is 1.43 bits per heavy atom. The van der Waals surface area contributed by atoms with Crippen LogP contribution < -0.4 is 9.47 Å². The molecular formula is C15H18N4O3S. The van der Waals surface area contributed by atoms with Crippen LogP contribution in [-0.4, -0.2) is 52.3 Å². The molecule has 0 saturated carbocycles. The molecule has 1 amide bonds. The maximum Gasteiger partial charge on any atom is 0.267 e. The summed E-state index contributed by atoms with van der Waals surface area (Å²) in [4.78, 5) is 19.8. The lowest BCUT2D eigenvalue weighted by Gasteiger charge is -2.31. The number of piperidine rings is 1. The van der Waals surface area contributed by atoms with Gasteiger partial charge in [-0.15, -0.1) is 11.3 Å². The highest BCUT2D eigenvalue weighted by molar-refractivity contribution is 7.12. The second kappa shape index (κ2) is 5.84. The number of hydrogen-bond donors (Lipinski definition) is 1. The van der Waals surface area contributed by atoms with E-state index in [4.69, 9.17) is 9.47 Å². The Labute approximate surface area is 137 Å². The summed E-state index contributed by atoms with van der Waals surface area (Å²) in [6, 6.07) is 0. The van der Waals surface area contributed by atoms with Gasteiger partial charge in [0.15, 0.2) is 17.3 Å². The van der Waals surface area contributed by atoms with Crippen molar-refractivity contribution in [1.82, 2.24) is 20.1 Å². The third kappa shape index (κ3) is 2.67. The monoisotopic (exact) mass is 334 g/mol. The highest BCUT2D eigenvalue weighted by Gasteiger charge is 2.31. The van der Waals surface area contributed by atoms with E-state index in [-0.39, 0.29) is 11.8 Å². The molecule has 0 aromatic carbocycles. The van der Waals surface area contributed by atoms with Gasteiger partial charge in [0.2, 0.25) is 0 Å². The molecule has 2 aliphatic heterocycles. The van der Waals surface area contributed by atoms with E-state index in [0.717, 1.165) is 31.0 Å². The van der Waals surface area contributed by atoms with E-state index in [1.54, 1.807) is 0 Å². The number of likely N-dealkylation sites (tertiary alicyclic amines) is 1. The Hall–Kier alpha value is -2.09. The molecule has 2 aromatic rings. The fourth-order valence-corrected chi connectivity index (χ4v) is 3.97. The Balaban J connectivity index is 1.53. The largest absolute Gasteiger partial charge is 0.485 e. The fraction of sp³-hybridized carbons (Fsp3) is 0.533. The van der Waals surface area contributed by atoms with Crippen molar-refractivity contribution >= 4 is 17.2 Å². The number of carbonyl (C=O) groups excluding carboxylic acids is 1. The first-order chi connectivity index (χ1) is 11.2. The quantitative estimate of drug-likeness (QED) is 0.908. The number of thiophene rings is 1. The molecule has 122 valence electrons. The van der Waals surface area contributed by atoms with Crippen molar-refractivity contribution in [2.75, 3.05) is 26.3 Å². The van der Waals surface area contributed by atoms with E-state index in [0.29, 0.717) is 36.1 Å². The molecule has 1 fully saturated rings. The van der Waals surface area contributed by atoms with E-state index >= 15 is 0 Å². The number of H-pyrrole nitrogens is 1. The molecule has 23 heavy (non-hydrogen) atoms. The average Bonchev–Trinajstić information content (AvgIpc) is 3.20. The topological polar surface area (TPSA) is 80.3 Å². The first-order valence-corrected chi connectivity index (χ1v) is 8.65. The molecule has 0 spiro atoms. The van der Waals surface area contributed by atoms with Crippen molar-refractivity contribution in [1.29, 1.82) is 0 Å². The number of nitrogens with zero attached hydrogens (tertiary/aromatic N) is 3. The molecule has 4 rings (SSSR count). The molecule has 4 heterocycles. The normalized spacial score (nSPS) is 20.6. The minimum Gasteiger partial charge on any atom is -0.485 e. The average molecular weight is 334 g/mol. The van der Waals surface area contributed by atoms with Crippen LogP contribution in [0.2, 0.25) is 0 Å². The van der Waals surface area contributed by atoms with Crippen LogP contribution >= 0.6 is 11.3 Å². The summed E-state index contributed by atoms with van der Waals surface area (Å²) >= 11 is 1.39. The fourth-order valence-electron chi connectivity index (χ4n) is 3.07. The number of aryl methyl sites for hydroxylation is 1. The molecule has 1 unspecified atom stereocenters. The number of nitrogens with one attached hydrogen (secondary N) is 1. The molecule has 1 saturated heterocycles. The lowest BCUT2D eigenvalue weighted by Crippen LogP contribution is -2.39. The lowest BCUT2D eigenvalue weighted by atomic mass is 9.97. The maximum atomic E-state index is 12.9. The van der Waals surface area contributed by atoms with Crippen LogP contribution in [0.25, 0.3) is 0 Å². The number of fused-ring (bicyclic) bond motifs is 1. The highest BCUT2D eigenvalue weighted by atomic mass is 32.1. The van der Waals surface area contributed by atoms with Crippen molar-refractivity contribution in [3.05, 3.63) is 21.9 Å². The number of carbonyl (C=O) groups is 1. The van der Waals surface area contributed by atoms with E-state index in [9.17, 15) is 4.79 Å². The third-order valence-electron chi connectivity index (χ3n) is 4.18. The minimum atomic E-state index is 0.0127. The van der Waals surface area contributed by atoms with Gasteiger partial charge in [-0.3, -0.25) is 9.89 Å². The first-order valence-electron chi connectivity index (χ1n) is 7.77. The van der Waals surface area contributed by atoms with Crippen LogP contribution in [0.4, 0.5) is 0 Å². The van der Waals surface area contributed by atoms with Gasteiger partial charge >= 0.3 is 0 Å². The van der Waals surface area contributed by atoms with Gasteiger partial charge in [-0.25, -0.2) is 4.98 Å². The van der Waals surface area contributed by atoms with Crippen LogP contribution in [0.5, 0.6) is 11.5 Å². The predicted molar refractivity (Wildman–Crippen MR) is 84.3 cm³/mol. The number of hydrogen-bond acceptors (Lipinski definition) is 6. The maximum absolute atomic E-state index is 12.9. The molecule has 2 aromatic heterocycles. The Morgan fingerprint density at radius 2 is 2.30 bits per heavy atom. The Bertz CT molecular complexity index is 726. The molecule has 0 aliphatic carbocycles. The van der Waals surface area contributed by atoms with E-state index in [1.165, 1.54) is 11.3 Å². The summed E-state index contributed by atoms with van der Waals surface area (Å²) in [5, 5.41) is 8.98. The second-order valence-electron chi connectivity index (χ2n) is 5.82. The molecule has 7 nitrogen and oxygen atoms in total. The predicted octanol–water partition coefficient (Wildman–Crippen LogP) is 1.97. The van der Waals surface area contributed by atoms with Crippen LogP contribution in [0, 0.1) is 6.92 Å². The molecule has 2 aliphatic rings. The van der Waals surface area contributed by atoms with Gasteiger partial charge in [-0.05, 0) is 19.8 Å². The Kier molecular flexibility index (Phi) is 3.68. The second-order valence-corrected chi connectivity index (χ2v) is 6.70. The summed E-state index contributed by atoms with van der Waals surface area (Å²) in [6.45, 7) is 4.31. The van der Waals surface area contributed by atoms with Gasteiger partial charge in [0.1, 0.15) is 23.9 Å². The van der Waals surface area contributed by atoms with Crippen molar-refractivity contribution in [3.63, 3.8) is 0 Å². The van der Waals surface area contributed by atoms with Crippen LogP contribution in [0.1, 0.15) is 40.1 Å². The zero-order valence-corrected chi connectivity index (χ0v) is 13.7. The van der Waals surface area contributed by atoms with Crippen LogP contribution in [0.3, 0.4) is 0 Å². The number of aromatic amines is 1. The van der Waals surface area contributed by atoms with Crippen molar-refractivity contribution < 1.29 is 14.3 Å². The van der Waals surface area contributed by atoms with E-state index in [1.807, 2.05) is 17.2 Å². The Morgan fingerprint density at radius 3 is 3.13 bits per heavy atom. The summed E-state index contributed by atoms with van der Waals surface area (Å²) in [5.41, 5.74) is 0. The highest BCUT2D eigenvalue weighted by Crippen LogP contribution is 2.40. The van der Waals surface area contributed by atoms with Gasteiger partial charge in [0.05, 0.1) is 0 Å². The zero-order chi connectivity index (χ0) is 15.8. The summed E-state index contributed by atoms with van der Waals surface area (Å²) in [7, 11) is 0. The summed E-state index contributed by atoms with van der Waals surface area (Å²) < 4.78 is 11.2. The number of ether oxygens (including phenoxy) is 2. The first kappa shape index (κ1) is 14.5. The van der Waals surface area contributed by atoms with E-state index in [2.05, 4.69) is 15.2 Å². The number of aromatic nitrogens is 3. The van der Waals surface area contributed by atoms with Crippen LogP contribution in [-0.2, 0) is 0 Å². The van der Waals surface area contributed by atoms with Gasteiger partial charge < -0.3 is 14.4 Å². The summed E-state index contributed by atoms with van der Waals surface area (Å²) in [6.07, 6.45) is 1.96. The lowest BCUT2D eigenvalue weighted by molar-refractivity contribution is 0.0701. The smallest absolute Gasteiger partial charge is 0.267 e. The number of rotatable bonds is 2. The molecular weight excluding hydrogens is 316 g/mol. The van der Waals surface area contributed by atoms with E-state index < -0.39 is 0 Å². The molecule has 1 N–H and O–H groups in total. The van der Waals surface area contributed by atoms with Gasteiger partial charge in [0.25, 0.3) is 5.91 Å². The van der Waals surface area contributed by atoms with Gasteiger partial charge in [-0.1, -0.05) is 0 Å². The molecule has 1 atom stereocenters. The standard InChI is InChI=1S/C15H18N4O3S/c1-9-16-14(18-17-9)10-3-2-4-19(7-10)15(20)13-12-11(8-23-13)21-5-6-22-12/h8,10H,2-7H2,1H3,(H,16,17,18). The molecule has 8 heteroatoms. The minimum absolute atomic E-state index is 0.0127. The van der Waals surface area contributed by atoms with Crippen molar-refractivity contribution in [3.8, 4) is 11.5 Å². The SMILES string of the molecule is Cc1nc(C2CCCN(C(=O)c3scc4c3OCCO4)C2)n[nH]1. The van der Waals surface area contributed by atoms with Crippen molar-refractivity contribution in [2.45, 2.75) is 25.7 Å². The van der Waals surface area contributed by atoms with Crippen molar-refractivity contribution in [2.24, 2.45) is 0 Å².